The third-order valence-electron chi connectivity index (χ3n) is 5.13. The Balaban J connectivity index is 1.63. The number of carbonyl (C=O) groups is 1. The number of anilines is 1. The normalized spacial score (nSPS) is 13.2. The van der Waals surface area contributed by atoms with Crippen LogP contribution in [0, 0.1) is 0 Å². The van der Waals surface area contributed by atoms with Crippen LogP contribution in [0.4, 0.5) is 5.69 Å². The molecule has 0 saturated heterocycles. The van der Waals surface area contributed by atoms with E-state index in [1.807, 2.05) is 26.2 Å². The van der Waals surface area contributed by atoms with Gasteiger partial charge in [-0.25, -0.2) is 4.98 Å². The van der Waals surface area contributed by atoms with E-state index in [1.165, 1.54) is 11.1 Å². The lowest BCUT2D eigenvalue weighted by Gasteiger charge is -2.31. The fourth-order valence-electron chi connectivity index (χ4n) is 3.50. The summed E-state index contributed by atoms with van der Waals surface area (Å²) in [4.78, 5) is 21.0. The van der Waals surface area contributed by atoms with Gasteiger partial charge in [0.05, 0.1) is 26.1 Å². The van der Waals surface area contributed by atoms with Crippen molar-refractivity contribution in [3.63, 3.8) is 0 Å². The molecule has 1 amide bonds. The van der Waals surface area contributed by atoms with E-state index in [9.17, 15) is 4.79 Å². The lowest BCUT2D eigenvalue weighted by atomic mass is 9.98. The number of rotatable bonds is 8. The van der Waals surface area contributed by atoms with Crippen molar-refractivity contribution < 1.29 is 14.3 Å². The molecule has 7 heteroatoms. The molecule has 3 rings (SSSR count). The van der Waals surface area contributed by atoms with Gasteiger partial charge in [-0.3, -0.25) is 4.79 Å². The molecule has 7 nitrogen and oxygen atoms in total. The molecule has 0 bridgehead atoms. The van der Waals surface area contributed by atoms with Crippen molar-refractivity contribution >= 4 is 11.6 Å². The summed E-state index contributed by atoms with van der Waals surface area (Å²) in [6.07, 6.45) is 3.61. The van der Waals surface area contributed by atoms with Gasteiger partial charge in [-0.15, -0.1) is 0 Å². The first-order valence-corrected chi connectivity index (χ1v) is 9.89. The number of benzene rings is 1. The Kier molecular flexibility index (Phi) is 6.93. The number of fused-ring (bicyclic) bond motifs is 1. The summed E-state index contributed by atoms with van der Waals surface area (Å²) in [5, 5.41) is 2.92. The van der Waals surface area contributed by atoms with Crippen LogP contribution in [0.2, 0.25) is 0 Å². The molecule has 0 atom stereocenters. The average Bonchev–Trinajstić information content (AvgIpc) is 2.75. The van der Waals surface area contributed by atoms with Gasteiger partial charge in [0.2, 0.25) is 0 Å². The van der Waals surface area contributed by atoms with Crippen LogP contribution in [-0.2, 0) is 13.0 Å². The van der Waals surface area contributed by atoms with Gasteiger partial charge in [0.1, 0.15) is 5.69 Å². The van der Waals surface area contributed by atoms with E-state index in [2.05, 4.69) is 26.2 Å². The number of hydrogen-bond acceptors (Lipinski definition) is 6. The summed E-state index contributed by atoms with van der Waals surface area (Å²) in [5.74, 6) is 1.38. The Morgan fingerprint density at radius 3 is 2.52 bits per heavy atom. The first-order valence-electron chi connectivity index (χ1n) is 9.89. The second-order valence-corrected chi connectivity index (χ2v) is 7.46. The van der Waals surface area contributed by atoms with Crippen molar-refractivity contribution in [1.82, 2.24) is 15.2 Å². The summed E-state index contributed by atoms with van der Waals surface area (Å²) >= 11 is 0. The summed E-state index contributed by atoms with van der Waals surface area (Å²) in [7, 11) is 7.35. The maximum atomic E-state index is 12.2. The molecule has 2 heterocycles. The van der Waals surface area contributed by atoms with Crippen LogP contribution in [0.3, 0.4) is 0 Å². The topological polar surface area (TPSA) is 66.9 Å². The highest BCUT2D eigenvalue weighted by Crippen LogP contribution is 2.34. The van der Waals surface area contributed by atoms with Crippen LogP contribution in [-0.4, -0.2) is 63.7 Å². The third-order valence-corrected chi connectivity index (χ3v) is 5.13. The van der Waals surface area contributed by atoms with Gasteiger partial charge in [-0.2, -0.15) is 0 Å². The van der Waals surface area contributed by atoms with Gasteiger partial charge in [0.25, 0.3) is 5.91 Å². The van der Waals surface area contributed by atoms with Gasteiger partial charge in [0.15, 0.2) is 11.5 Å². The quantitative estimate of drug-likeness (QED) is 0.689. The second kappa shape index (κ2) is 9.60. The minimum Gasteiger partial charge on any atom is -0.493 e. The highest BCUT2D eigenvalue weighted by atomic mass is 16.5. The lowest BCUT2D eigenvalue weighted by Crippen LogP contribution is -2.31. The van der Waals surface area contributed by atoms with Crippen molar-refractivity contribution in [2.45, 2.75) is 19.4 Å². The van der Waals surface area contributed by atoms with Crippen LogP contribution in [0.1, 0.15) is 28.0 Å². The average molecular weight is 399 g/mol. The molecule has 0 aliphatic carbocycles. The third kappa shape index (κ3) is 5.17. The standard InChI is InChI=1S/C22H30N4O3/c1-25(2)10-5-9-23-22(27)19-7-6-18(14-24-19)26-11-8-16-12-20(28-3)21(29-4)13-17(16)15-26/h6-7,12-14H,5,8-11,15H2,1-4H3,(H,23,27). The first kappa shape index (κ1) is 20.9. The zero-order valence-corrected chi connectivity index (χ0v) is 17.7. The number of aromatic nitrogens is 1. The van der Waals surface area contributed by atoms with Crippen LogP contribution in [0.5, 0.6) is 11.5 Å². The van der Waals surface area contributed by atoms with Crippen molar-refractivity contribution in [2.24, 2.45) is 0 Å². The number of ether oxygens (including phenoxy) is 2. The molecule has 0 fully saturated rings. The number of amides is 1. The monoisotopic (exact) mass is 398 g/mol. The molecule has 1 aromatic carbocycles. The van der Waals surface area contributed by atoms with E-state index in [-0.39, 0.29) is 5.91 Å². The molecule has 1 aromatic heterocycles. The van der Waals surface area contributed by atoms with Crippen LogP contribution in [0.25, 0.3) is 0 Å². The Bertz CT molecular complexity index is 837. The predicted molar refractivity (Wildman–Crippen MR) is 114 cm³/mol. The molecule has 1 aliphatic heterocycles. The van der Waals surface area contributed by atoms with Crippen LogP contribution in [0.15, 0.2) is 30.5 Å². The fourth-order valence-corrected chi connectivity index (χ4v) is 3.50. The number of methoxy groups -OCH3 is 2. The Labute approximate surface area is 172 Å². The second-order valence-electron chi connectivity index (χ2n) is 7.46. The number of carbonyl (C=O) groups excluding carboxylic acids is 1. The van der Waals surface area contributed by atoms with E-state index in [0.717, 1.165) is 49.7 Å². The number of nitrogens with zero attached hydrogens (tertiary/aromatic N) is 3. The Morgan fingerprint density at radius 2 is 1.90 bits per heavy atom. The minimum atomic E-state index is -0.129. The minimum absolute atomic E-state index is 0.129. The van der Waals surface area contributed by atoms with Crippen molar-refractivity contribution in [2.75, 3.05) is 52.8 Å². The summed E-state index contributed by atoms with van der Waals surface area (Å²) in [6, 6.07) is 7.87. The zero-order chi connectivity index (χ0) is 20.8. The Hall–Kier alpha value is -2.80. The van der Waals surface area contributed by atoms with E-state index >= 15 is 0 Å². The van der Waals surface area contributed by atoms with Gasteiger partial charge >= 0.3 is 0 Å². The molecule has 0 spiro atoms. The number of hydrogen-bond donors (Lipinski definition) is 1. The highest BCUT2D eigenvalue weighted by molar-refractivity contribution is 5.92. The van der Waals surface area contributed by atoms with Crippen molar-refractivity contribution in [3.05, 3.63) is 47.3 Å². The number of pyridine rings is 1. The van der Waals surface area contributed by atoms with Gasteiger partial charge in [0, 0.05) is 19.6 Å². The summed E-state index contributed by atoms with van der Waals surface area (Å²) in [6.45, 7) is 3.25. The maximum absolute atomic E-state index is 12.2. The molecule has 2 aromatic rings. The van der Waals surface area contributed by atoms with Crippen molar-refractivity contribution in [1.29, 1.82) is 0 Å². The van der Waals surface area contributed by atoms with Crippen LogP contribution >= 0.6 is 0 Å². The molecular formula is C22H30N4O3. The predicted octanol–water partition coefficient (Wildman–Crippen LogP) is 2.34. The molecule has 1 aliphatic rings. The van der Waals surface area contributed by atoms with E-state index in [0.29, 0.717) is 12.2 Å². The van der Waals surface area contributed by atoms with Gasteiger partial charge in [-0.1, -0.05) is 0 Å². The van der Waals surface area contributed by atoms with Gasteiger partial charge < -0.3 is 24.6 Å². The van der Waals surface area contributed by atoms with E-state index < -0.39 is 0 Å². The molecule has 0 saturated carbocycles. The molecular weight excluding hydrogens is 368 g/mol. The molecule has 29 heavy (non-hydrogen) atoms. The summed E-state index contributed by atoms with van der Waals surface area (Å²) in [5.41, 5.74) is 3.95. The smallest absolute Gasteiger partial charge is 0.269 e. The number of nitrogens with one attached hydrogen (secondary N) is 1. The van der Waals surface area contributed by atoms with E-state index in [1.54, 1.807) is 26.5 Å². The first-order chi connectivity index (χ1) is 14.0. The Morgan fingerprint density at radius 1 is 1.17 bits per heavy atom. The zero-order valence-electron chi connectivity index (χ0n) is 17.7. The lowest BCUT2D eigenvalue weighted by molar-refractivity contribution is 0.0947. The van der Waals surface area contributed by atoms with Crippen LogP contribution < -0.4 is 19.7 Å². The van der Waals surface area contributed by atoms with Gasteiger partial charge in [-0.05, 0) is 68.9 Å². The SMILES string of the molecule is COc1cc2c(cc1OC)CN(c1ccc(C(=O)NCCCN(C)C)nc1)CC2. The summed E-state index contributed by atoms with van der Waals surface area (Å²) < 4.78 is 10.8. The highest BCUT2D eigenvalue weighted by Gasteiger charge is 2.20. The molecule has 0 unspecified atom stereocenters. The largest absolute Gasteiger partial charge is 0.493 e. The van der Waals surface area contributed by atoms with Crippen molar-refractivity contribution in [3.8, 4) is 11.5 Å². The fraction of sp³-hybridized carbons (Fsp3) is 0.455. The van der Waals surface area contributed by atoms with E-state index in [4.69, 9.17) is 9.47 Å². The molecule has 0 radical (unpaired) electrons. The molecule has 1 N–H and O–H groups in total. The molecule has 156 valence electrons. The maximum Gasteiger partial charge on any atom is 0.269 e.